The molecule has 1 N–H and O–H groups in total. The summed E-state index contributed by atoms with van der Waals surface area (Å²) < 4.78 is 5.56. The third-order valence-corrected chi connectivity index (χ3v) is 5.42. The largest absolute Gasteiger partial charge is 0.484 e. The zero-order valence-electron chi connectivity index (χ0n) is 15.5. The Morgan fingerprint density at radius 2 is 1.85 bits per heavy atom. The lowest BCUT2D eigenvalue weighted by atomic mass is 10.1. The normalized spacial score (nSPS) is 14.8. The van der Waals surface area contributed by atoms with Crippen LogP contribution in [0.25, 0.3) is 0 Å². The van der Waals surface area contributed by atoms with Crippen LogP contribution in [0.4, 0.5) is 5.69 Å². The van der Waals surface area contributed by atoms with Crippen LogP contribution in [0.15, 0.2) is 42.5 Å². The molecular formula is C21H26N2O2S. The summed E-state index contributed by atoms with van der Waals surface area (Å²) in [7, 11) is 0. The van der Waals surface area contributed by atoms with Gasteiger partial charge in [-0.3, -0.25) is 9.69 Å². The van der Waals surface area contributed by atoms with Gasteiger partial charge in [-0.15, -0.1) is 0 Å². The highest BCUT2D eigenvalue weighted by Gasteiger charge is 2.12. The summed E-state index contributed by atoms with van der Waals surface area (Å²) in [4.78, 5) is 14.7. The molecule has 0 spiro atoms. The van der Waals surface area contributed by atoms with Crippen LogP contribution in [-0.2, 0) is 11.3 Å². The van der Waals surface area contributed by atoms with Gasteiger partial charge in [-0.2, -0.15) is 11.8 Å². The Bertz CT molecular complexity index is 740. The quantitative estimate of drug-likeness (QED) is 0.838. The summed E-state index contributed by atoms with van der Waals surface area (Å²) >= 11 is 2.02. The van der Waals surface area contributed by atoms with Crippen LogP contribution in [0, 0.1) is 13.8 Å². The number of thioether (sulfide) groups is 1. The number of nitrogens with one attached hydrogen (secondary N) is 1. The summed E-state index contributed by atoms with van der Waals surface area (Å²) in [5.41, 5.74) is 4.33. The molecule has 0 aromatic heterocycles. The Kier molecular flexibility index (Phi) is 6.58. The van der Waals surface area contributed by atoms with Crippen molar-refractivity contribution in [2.45, 2.75) is 20.4 Å². The molecule has 1 aliphatic heterocycles. The standard InChI is InChI=1S/C21H26N2O2S/c1-16-3-7-19(8-4-16)25-15-21(24)22-20-13-18(6-5-17(20)2)14-23-9-11-26-12-10-23/h3-8,13H,9-12,14-15H2,1-2H3,(H,22,24). The minimum Gasteiger partial charge on any atom is -0.484 e. The molecular weight excluding hydrogens is 344 g/mol. The third kappa shape index (κ3) is 5.51. The molecule has 1 aliphatic rings. The number of benzene rings is 2. The van der Waals surface area contributed by atoms with E-state index < -0.39 is 0 Å². The Morgan fingerprint density at radius 1 is 1.12 bits per heavy atom. The molecule has 4 nitrogen and oxygen atoms in total. The Balaban J connectivity index is 1.56. The molecule has 2 aromatic rings. The molecule has 0 bridgehead atoms. The Morgan fingerprint density at radius 3 is 2.58 bits per heavy atom. The maximum atomic E-state index is 12.3. The maximum absolute atomic E-state index is 12.3. The average molecular weight is 371 g/mol. The van der Waals surface area contributed by atoms with Crippen LogP contribution < -0.4 is 10.1 Å². The van der Waals surface area contributed by atoms with Crippen molar-refractivity contribution in [3.8, 4) is 5.75 Å². The van der Waals surface area contributed by atoms with Crippen molar-refractivity contribution in [3.05, 3.63) is 59.2 Å². The highest BCUT2D eigenvalue weighted by molar-refractivity contribution is 7.99. The molecule has 0 atom stereocenters. The van der Waals surface area contributed by atoms with E-state index in [0.29, 0.717) is 5.75 Å². The average Bonchev–Trinajstić information content (AvgIpc) is 2.65. The van der Waals surface area contributed by atoms with Crippen molar-refractivity contribution in [2.75, 3.05) is 36.5 Å². The first kappa shape index (κ1) is 18.8. The van der Waals surface area contributed by atoms with E-state index in [-0.39, 0.29) is 12.5 Å². The van der Waals surface area contributed by atoms with E-state index in [1.807, 2.05) is 49.9 Å². The lowest BCUT2D eigenvalue weighted by Crippen LogP contribution is -2.32. The van der Waals surface area contributed by atoms with Crippen LogP contribution in [0.1, 0.15) is 16.7 Å². The molecule has 1 saturated heterocycles. The first-order valence-electron chi connectivity index (χ1n) is 8.99. The van der Waals surface area contributed by atoms with E-state index in [0.717, 1.165) is 30.9 Å². The van der Waals surface area contributed by atoms with Gasteiger partial charge < -0.3 is 10.1 Å². The van der Waals surface area contributed by atoms with Crippen molar-refractivity contribution in [2.24, 2.45) is 0 Å². The molecule has 5 heteroatoms. The molecule has 1 fully saturated rings. The Labute approximate surface area is 159 Å². The first-order chi connectivity index (χ1) is 12.6. The predicted octanol–water partition coefficient (Wildman–Crippen LogP) is 3.87. The van der Waals surface area contributed by atoms with Gasteiger partial charge in [0.05, 0.1) is 0 Å². The van der Waals surface area contributed by atoms with E-state index in [1.165, 1.54) is 22.6 Å². The van der Waals surface area contributed by atoms with E-state index >= 15 is 0 Å². The number of carbonyl (C=O) groups excluding carboxylic acids is 1. The van der Waals surface area contributed by atoms with Gasteiger partial charge in [0.2, 0.25) is 0 Å². The van der Waals surface area contributed by atoms with Crippen LogP contribution in [0.3, 0.4) is 0 Å². The maximum Gasteiger partial charge on any atom is 0.262 e. The molecule has 138 valence electrons. The zero-order chi connectivity index (χ0) is 18.4. The molecule has 0 radical (unpaired) electrons. The number of ether oxygens (including phenoxy) is 1. The number of carbonyl (C=O) groups is 1. The van der Waals surface area contributed by atoms with Crippen molar-refractivity contribution in [1.82, 2.24) is 4.90 Å². The van der Waals surface area contributed by atoms with Gasteiger partial charge in [0.1, 0.15) is 5.75 Å². The fraction of sp³-hybridized carbons (Fsp3) is 0.381. The number of anilines is 1. The Hall–Kier alpha value is -1.98. The molecule has 3 rings (SSSR count). The number of aryl methyl sites for hydroxylation is 2. The third-order valence-electron chi connectivity index (χ3n) is 4.48. The molecule has 0 aliphatic carbocycles. The number of hydrogen-bond donors (Lipinski definition) is 1. The number of hydrogen-bond acceptors (Lipinski definition) is 4. The minimum absolute atomic E-state index is 0.01000. The highest BCUT2D eigenvalue weighted by atomic mass is 32.2. The summed E-state index contributed by atoms with van der Waals surface area (Å²) in [6.07, 6.45) is 0. The van der Waals surface area contributed by atoms with Crippen molar-refractivity contribution >= 4 is 23.4 Å². The van der Waals surface area contributed by atoms with Crippen LogP contribution in [-0.4, -0.2) is 42.0 Å². The summed E-state index contributed by atoms with van der Waals surface area (Å²) in [5, 5.41) is 2.98. The summed E-state index contributed by atoms with van der Waals surface area (Å²) in [6, 6.07) is 14.0. The predicted molar refractivity (Wildman–Crippen MR) is 109 cm³/mol. The van der Waals surface area contributed by atoms with E-state index in [1.54, 1.807) is 0 Å². The summed E-state index contributed by atoms with van der Waals surface area (Å²) in [6.45, 7) is 7.24. The van der Waals surface area contributed by atoms with Crippen LogP contribution >= 0.6 is 11.8 Å². The second-order valence-corrected chi connectivity index (χ2v) is 7.91. The van der Waals surface area contributed by atoms with Crippen molar-refractivity contribution < 1.29 is 9.53 Å². The monoisotopic (exact) mass is 370 g/mol. The topological polar surface area (TPSA) is 41.6 Å². The van der Waals surface area contributed by atoms with Gasteiger partial charge in [-0.1, -0.05) is 29.8 Å². The number of amides is 1. The summed E-state index contributed by atoms with van der Waals surface area (Å²) in [5.74, 6) is 2.97. The fourth-order valence-corrected chi connectivity index (χ4v) is 3.87. The van der Waals surface area contributed by atoms with Gasteiger partial charge in [0.15, 0.2) is 6.61 Å². The lowest BCUT2D eigenvalue weighted by Gasteiger charge is -2.26. The van der Waals surface area contributed by atoms with E-state index in [2.05, 4.69) is 28.4 Å². The minimum atomic E-state index is -0.139. The second-order valence-electron chi connectivity index (χ2n) is 6.69. The molecule has 0 saturated carbocycles. The SMILES string of the molecule is Cc1ccc(OCC(=O)Nc2cc(CN3CCSCC3)ccc2C)cc1. The second kappa shape index (κ2) is 9.10. The van der Waals surface area contributed by atoms with E-state index in [9.17, 15) is 4.79 Å². The molecule has 1 amide bonds. The number of rotatable bonds is 6. The number of nitrogens with zero attached hydrogens (tertiary/aromatic N) is 1. The smallest absolute Gasteiger partial charge is 0.262 e. The van der Waals surface area contributed by atoms with E-state index in [4.69, 9.17) is 4.74 Å². The van der Waals surface area contributed by atoms with Crippen LogP contribution in [0.2, 0.25) is 0 Å². The van der Waals surface area contributed by atoms with Crippen LogP contribution in [0.5, 0.6) is 5.75 Å². The van der Waals surface area contributed by atoms with Gasteiger partial charge in [-0.25, -0.2) is 0 Å². The van der Waals surface area contributed by atoms with Gasteiger partial charge in [0.25, 0.3) is 5.91 Å². The first-order valence-corrected chi connectivity index (χ1v) is 10.1. The van der Waals surface area contributed by atoms with Gasteiger partial charge in [-0.05, 0) is 43.2 Å². The molecule has 26 heavy (non-hydrogen) atoms. The molecule has 2 aromatic carbocycles. The zero-order valence-corrected chi connectivity index (χ0v) is 16.3. The van der Waals surface area contributed by atoms with Crippen molar-refractivity contribution in [1.29, 1.82) is 0 Å². The lowest BCUT2D eigenvalue weighted by molar-refractivity contribution is -0.118. The van der Waals surface area contributed by atoms with Crippen molar-refractivity contribution in [3.63, 3.8) is 0 Å². The fourth-order valence-electron chi connectivity index (χ4n) is 2.89. The molecule has 0 unspecified atom stereocenters. The van der Waals surface area contributed by atoms with Gasteiger partial charge >= 0.3 is 0 Å². The highest BCUT2D eigenvalue weighted by Crippen LogP contribution is 2.20. The van der Waals surface area contributed by atoms with Gasteiger partial charge in [0, 0.05) is 36.8 Å². The molecule has 1 heterocycles.